The molecular weight excluding hydrogens is 289 g/mol. The number of rotatable bonds is 4. The maximum absolute atomic E-state index is 12.6. The fraction of sp³-hybridized carbons (Fsp3) is 0.500. The second-order valence-corrected chi connectivity index (χ2v) is 7.32. The number of aromatic nitrogens is 1. The normalized spacial score (nSPS) is 19.4. The molecule has 0 bridgehead atoms. The molecule has 0 N–H and O–H groups in total. The first kappa shape index (κ1) is 16.3. The summed E-state index contributed by atoms with van der Waals surface area (Å²) in [6.45, 7) is 8.11. The number of aryl methyl sites for hydroxylation is 1. The van der Waals surface area contributed by atoms with Crippen molar-refractivity contribution in [3.63, 3.8) is 0 Å². The van der Waals surface area contributed by atoms with Crippen molar-refractivity contribution in [3.8, 4) is 0 Å². The monoisotopic (exact) mass is 313 g/mol. The van der Waals surface area contributed by atoms with E-state index in [1.807, 2.05) is 69.8 Å². The molecule has 0 saturated carbocycles. The van der Waals surface area contributed by atoms with Crippen LogP contribution in [-0.2, 0) is 16.4 Å². The van der Waals surface area contributed by atoms with Gasteiger partial charge >= 0.3 is 7.12 Å². The van der Waals surface area contributed by atoms with Crippen LogP contribution in [0.3, 0.4) is 0 Å². The molecule has 0 aliphatic carbocycles. The average molecular weight is 313 g/mol. The molecule has 2 heterocycles. The van der Waals surface area contributed by atoms with Crippen LogP contribution in [0.4, 0.5) is 0 Å². The van der Waals surface area contributed by atoms with Gasteiger partial charge in [0.1, 0.15) is 0 Å². The molecule has 4 nitrogen and oxygen atoms in total. The minimum atomic E-state index is -0.347. The summed E-state index contributed by atoms with van der Waals surface area (Å²) in [6.07, 6.45) is 2.91. The van der Waals surface area contributed by atoms with E-state index in [-0.39, 0.29) is 24.1 Å². The van der Waals surface area contributed by atoms with E-state index in [9.17, 15) is 4.79 Å². The van der Waals surface area contributed by atoms with Crippen molar-refractivity contribution < 1.29 is 14.1 Å². The lowest BCUT2D eigenvalue weighted by Crippen LogP contribution is -2.41. The minimum Gasteiger partial charge on any atom is -0.403 e. The van der Waals surface area contributed by atoms with Crippen molar-refractivity contribution in [3.05, 3.63) is 36.0 Å². The number of para-hydroxylation sites is 1. The number of carbonyl (C=O) groups is 1. The van der Waals surface area contributed by atoms with E-state index in [4.69, 9.17) is 9.31 Å². The predicted molar refractivity (Wildman–Crippen MR) is 92.8 cm³/mol. The zero-order valence-electron chi connectivity index (χ0n) is 14.6. The predicted octanol–water partition coefficient (Wildman–Crippen LogP) is 3.84. The quantitative estimate of drug-likeness (QED) is 0.636. The zero-order chi connectivity index (χ0) is 16.8. The second-order valence-electron chi connectivity index (χ2n) is 7.32. The minimum absolute atomic E-state index is 0.136. The third-order valence-electron chi connectivity index (χ3n) is 5.11. The molecule has 1 aliphatic rings. The standard InChI is InChI=1S/C18H24BNO3/c1-17(2)18(3,4)23-19(22-17)11-10-16(21)14-12-20(5)15-9-7-6-8-13(14)15/h6-9,12H,10-11H2,1-5H3. The summed E-state index contributed by atoms with van der Waals surface area (Å²) in [5.41, 5.74) is 1.16. The van der Waals surface area contributed by atoms with E-state index in [1.54, 1.807) is 0 Å². The van der Waals surface area contributed by atoms with Crippen molar-refractivity contribution in [2.75, 3.05) is 0 Å². The third-order valence-corrected chi connectivity index (χ3v) is 5.11. The summed E-state index contributed by atoms with van der Waals surface area (Å²) >= 11 is 0. The van der Waals surface area contributed by atoms with Gasteiger partial charge < -0.3 is 13.9 Å². The fourth-order valence-electron chi connectivity index (χ4n) is 3.03. The largest absolute Gasteiger partial charge is 0.458 e. The molecule has 1 aromatic heterocycles. The molecule has 0 spiro atoms. The van der Waals surface area contributed by atoms with Gasteiger partial charge in [-0.1, -0.05) is 18.2 Å². The van der Waals surface area contributed by atoms with Crippen LogP contribution < -0.4 is 0 Å². The Morgan fingerprint density at radius 2 is 1.74 bits per heavy atom. The first-order chi connectivity index (χ1) is 10.7. The molecule has 1 saturated heterocycles. The lowest BCUT2D eigenvalue weighted by atomic mass is 9.81. The molecular formula is C18H24BNO3. The number of fused-ring (bicyclic) bond motifs is 1. The highest BCUT2D eigenvalue weighted by atomic mass is 16.7. The Balaban J connectivity index is 1.71. The first-order valence-electron chi connectivity index (χ1n) is 8.14. The molecule has 0 atom stereocenters. The van der Waals surface area contributed by atoms with Crippen LogP contribution in [0.1, 0.15) is 44.5 Å². The van der Waals surface area contributed by atoms with Crippen LogP contribution in [0, 0.1) is 0 Å². The molecule has 5 heteroatoms. The third kappa shape index (κ3) is 2.84. The highest BCUT2D eigenvalue weighted by Gasteiger charge is 2.50. The van der Waals surface area contributed by atoms with E-state index in [1.165, 1.54) is 0 Å². The molecule has 3 rings (SSSR count). The maximum Gasteiger partial charge on any atom is 0.458 e. The van der Waals surface area contributed by atoms with Gasteiger partial charge in [-0.2, -0.15) is 0 Å². The molecule has 0 unspecified atom stereocenters. The highest BCUT2D eigenvalue weighted by molar-refractivity contribution is 6.46. The molecule has 1 fully saturated rings. The molecule has 1 aromatic carbocycles. The molecule has 2 aromatic rings. The number of Topliss-reactive ketones (excluding diaryl/α,β-unsaturated/α-hetero) is 1. The van der Waals surface area contributed by atoms with E-state index >= 15 is 0 Å². The van der Waals surface area contributed by atoms with Gasteiger partial charge in [-0.05, 0) is 40.1 Å². The topological polar surface area (TPSA) is 40.5 Å². The van der Waals surface area contributed by atoms with E-state index in [2.05, 4.69) is 0 Å². The Bertz CT molecular complexity index is 732. The Morgan fingerprint density at radius 1 is 1.13 bits per heavy atom. The summed E-state index contributed by atoms with van der Waals surface area (Å²) in [4.78, 5) is 12.6. The van der Waals surface area contributed by atoms with Crippen LogP contribution in [0.25, 0.3) is 10.9 Å². The fourth-order valence-corrected chi connectivity index (χ4v) is 3.03. The van der Waals surface area contributed by atoms with E-state index in [0.717, 1.165) is 16.5 Å². The Labute approximate surface area is 137 Å². The van der Waals surface area contributed by atoms with Crippen molar-refractivity contribution >= 4 is 23.8 Å². The summed E-state index contributed by atoms with van der Waals surface area (Å²) in [6, 6.07) is 7.98. The van der Waals surface area contributed by atoms with Gasteiger partial charge in [0, 0.05) is 36.1 Å². The lowest BCUT2D eigenvalue weighted by Gasteiger charge is -2.32. The average Bonchev–Trinajstić information content (AvgIpc) is 2.91. The van der Waals surface area contributed by atoms with Gasteiger partial charge in [-0.3, -0.25) is 4.79 Å². The van der Waals surface area contributed by atoms with Crippen LogP contribution >= 0.6 is 0 Å². The summed E-state index contributed by atoms with van der Waals surface area (Å²) in [5.74, 6) is 0.136. The SMILES string of the molecule is Cn1cc(C(=O)CCB2OC(C)(C)C(C)(C)O2)c2ccccc21. The number of carbonyl (C=O) groups excluding carboxylic acids is 1. The number of benzene rings is 1. The summed E-state index contributed by atoms with van der Waals surface area (Å²) in [7, 11) is 1.65. The molecule has 0 amide bonds. The molecule has 1 aliphatic heterocycles. The smallest absolute Gasteiger partial charge is 0.403 e. The number of nitrogens with zero attached hydrogens (tertiary/aromatic N) is 1. The van der Waals surface area contributed by atoms with Crippen molar-refractivity contribution in [1.29, 1.82) is 0 Å². The molecule has 23 heavy (non-hydrogen) atoms. The zero-order valence-corrected chi connectivity index (χ0v) is 14.6. The number of hydrogen-bond donors (Lipinski definition) is 0. The van der Waals surface area contributed by atoms with E-state index in [0.29, 0.717) is 12.7 Å². The van der Waals surface area contributed by atoms with Gasteiger partial charge in [-0.25, -0.2) is 0 Å². The first-order valence-corrected chi connectivity index (χ1v) is 8.14. The van der Waals surface area contributed by atoms with Crippen LogP contribution in [-0.4, -0.2) is 28.7 Å². The Hall–Kier alpha value is -1.59. The number of ketones is 1. The Morgan fingerprint density at radius 3 is 2.39 bits per heavy atom. The second kappa shape index (κ2) is 5.50. The highest BCUT2D eigenvalue weighted by Crippen LogP contribution is 2.38. The van der Waals surface area contributed by atoms with Gasteiger partial charge in [0.2, 0.25) is 0 Å². The van der Waals surface area contributed by atoms with Crippen molar-refractivity contribution in [1.82, 2.24) is 4.57 Å². The van der Waals surface area contributed by atoms with Crippen LogP contribution in [0.5, 0.6) is 0 Å². The van der Waals surface area contributed by atoms with Crippen molar-refractivity contribution in [2.45, 2.75) is 51.6 Å². The Kier molecular flexibility index (Phi) is 3.89. The summed E-state index contributed by atoms with van der Waals surface area (Å²) < 4.78 is 13.9. The van der Waals surface area contributed by atoms with Crippen LogP contribution in [0.15, 0.2) is 30.5 Å². The van der Waals surface area contributed by atoms with Gasteiger partial charge in [0.25, 0.3) is 0 Å². The van der Waals surface area contributed by atoms with E-state index < -0.39 is 0 Å². The van der Waals surface area contributed by atoms with Crippen LogP contribution in [0.2, 0.25) is 6.32 Å². The molecule has 0 radical (unpaired) electrons. The number of hydrogen-bond acceptors (Lipinski definition) is 3. The van der Waals surface area contributed by atoms with Gasteiger partial charge in [0.05, 0.1) is 11.2 Å². The summed E-state index contributed by atoms with van der Waals surface area (Å²) in [5, 5.41) is 1.01. The maximum atomic E-state index is 12.6. The lowest BCUT2D eigenvalue weighted by molar-refractivity contribution is 0.00578. The molecule has 122 valence electrons. The van der Waals surface area contributed by atoms with Gasteiger partial charge in [0.15, 0.2) is 5.78 Å². The van der Waals surface area contributed by atoms with Gasteiger partial charge in [-0.15, -0.1) is 0 Å². The van der Waals surface area contributed by atoms with Crippen molar-refractivity contribution in [2.24, 2.45) is 7.05 Å².